The second-order valence-corrected chi connectivity index (χ2v) is 10.2. The molecule has 0 saturated heterocycles. The van der Waals surface area contributed by atoms with E-state index in [2.05, 4.69) is 50.2 Å². The largest absolute Gasteiger partial charge is 0.300 e. The standard InChI is InChI=1S/C31H40O3/c1-5-10-26(27(6-2)29(33)17-22(4)32)18-24-19-28-25(16-14-23-11-8-7-9-12-23)15-13-21(3)31(28)30(34)20-24/h7-9,11-13,15,24,26-27H,5-6,10,14,16-20H2,1-4H3. The fourth-order valence-corrected chi connectivity index (χ4v) is 5.96. The van der Waals surface area contributed by atoms with Crippen LogP contribution in [0.15, 0.2) is 42.5 Å². The van der Waals surface area contributed by atoms with Crippen molar-refractivity contribution in [2.45, 2.75) is 85.5 Å². The summed E-state index contributed by atoms with van der Waals surface area (Å²) in [6, 6.07) is 14.8. The van der Waals surface area contributed by atoms with Crippen LogP contribution in [0.4, 0.5) is 0 Å². The van der Waals surface area contributed by atoms with Crippen LogP contribution in [0.25, 0.3) is 0 Å². The lowest BCUT2D eigenvalue weighted by Crippen LogP contribution is -2.30. The van der Waals surface area contributed by atoms with Crippen LogP contribution in [0, 0.1) is 24.7 Å². The number of fused-ring (bicyclic) bond motifs is 1. The molecule has 34 heavy (non-hydrogen) atoms. The Morgan fingerprint density at radius 2 is 1.74 bits per heavy atom. The van der Waals surface area contributed by atoms with Crippen molar-refractivity contribution in [2.75, 3.05) is 0 Å². The Morgan fingerprint density at radius 3 is 2.38 bits per heavy atom. The summed E-state index contributed by atoms with van der Waals surface area (Å²) in [5.74, 6) is 0.681. The van der Waals surface area contributed by atoms with Crippen molar-refractivity contribution in [1.29, 1.82) is 0 Å². The number of benzene rings is 2. The Labute approximate surface area is 205 Å². The molecule has 0 aliphatic heterocycles. The van der Waals surface area contributed by atoms with Gasteiger partial charge in [0.2, 0.25) is 0 Å². The smallest absolute Gasteiger partial charge is 0.163 e. The Morgan fingerprint density at radius 1 is 1.00 bits per heavy atom. The van der Waals surface area contributed by atoms with Crippen LogP contribution >= 0.6 is 0 Å². The zero-order valence-electron chi connectivity index (χ0n) is 21.4. The molecule has 0 saturated carbocycles. The maximum Gasteiger partial charge on any atom is 0.163 e. The lowest BCUT2D eigenvalue weighted by atomic mass is 9.71. The number of carbonyl (C=O) groups is 3. The minimum atomic E-state index is -0.0876. The molecule has 2 aromatic carbocycles. The number of hydrogen-bond acceptors (Lipinski definition) is 3. The number of hydrogen-bond donors (Lipinski definition) is 0. The minimum absolute atomic E-state index is 0.0357. The number of ketones is 3. The highest BCUT2D eigenvalue weighted by molar-refractivity contribution is 6.00. The van der Waals surface area contributed by atoms with Gasteiger partial charge in [0.25, 0.3) is 0 Å². The summed E-state index contributed by atoms with van der Waals surface area (Å²) in [7, 11) is 0. The summed E-state index contributed by atoms with van der Waals surface area (Å²) in [6.45, 7) is 7.75. The Bertz CT molecular complexity index is 1000. The zero-order valence-corrected chi connectivity index (χ0v) is 21.4. The molecule has 3 atom stereocenters. The van der Waals surface area contributed by atoms with Gasteiger partial charge in [0.1, 0.15) is 11.6 Å². The molecule has 0 N–H and O–H groups in total. The number of carbonyl (C=O) groups excluding carboxylic acids is 3. The molecule has 182 valence electrons. The molecular formula is C31H40O3. The van der Waals surface area contributed by atoms with Gasteiger partial charge >= 0.3 is 0 Å². The molecule has 0 spiro atoms. The normalized spacial score (nSPS) is 17.2. The van der Waals surface area contributed by atoms with E-state index in [9.17, 15) is 14.4 Å². The molecular weight excluding hydrogens is 420 g/mol. The van der Waals surface area contributed by atoms with Gasteiger partial charge in [-0.2, -0.15) is 0 Å². The summed E-state index contributed by atoms with van der Waals surface area (Å²) in [6.07, 6.45) is 7.01. The molecule has 1 aliphatic rings. The van der Waals surface area contributed by atoms with Crippen LogP contribution in [0.3, 0.4) is 0 Å². The first-order valence-corrected chi connectivity index (χ1v) is 13.0. The van der Waals surface area contributed by atoms with Crippen molar-refractivity contribution in [3.8, 4) is 0 Å². The van der Waals surface area contributed by atoms with E-state index in [4.69, 9.17) is 0 Å². The highest BCUT2D eigenvalue weighted by Gasteiger charge is 2.33. The summed E-state index contributed by atoms with van der Waals surface area (Å²) >= 11 is 0. The summed E-state index contributed by atoms with van der Waals surface area (Å²) in [4.78, 5) is 37.7. The van der Waals surface area contributed by atoms with Crippen molar-refractivity contribution >= 4 is 17.3 Å². The number of rotatable bonds is 12. The molecule has 3 nitrogen and oxygen atoms in total. The second kappa shape index (κ2) is 12.2. The van der Waals surface area contributed by atoms with Crippen LogP contribution in [0.1, 0.15) is 91.9 Å². The Kier molecular flexibility index (Phi) is 9.38. The van der Waals surface area contributed by atoms with Crippen molar-refractivity contribution in [3.63, 3.8) is 0 Å². The van der Waals surface area contributed by atoms with Gasteiger partial charge in [0.05, 0.1) is 6.42 Å². The second-order valence-electron chi connectivity index (χ2n) is 10.2. The molecule has 0 radical (unpaired) electrons. The van der Waals surface area contributed by atoms with Crippen LogP contribution in [-0.4, -0.2) is 17.3 Å². The van der Waals surface area contributed by atoms with Crippen LogP contribution in [0.5, 0.6) is 0 Å². The van der Waals surface area contributed by atoms with Gasteiger partial charge in [-0.05, 0) is 80.0 Å². The van der Waals surface area contributed by atoms with Crippen LogP contribution in [-0.2, 0) is 28.9 Å². The lowest BCUT2D eigenvalue weighted by Gasteiger charge is -2.32. The molecule has 0 aromatic heterocycles. The third kappa shape index (κ3) is 6.52. The van der Waals surface area contributed by atoms with E-state index in [1.807, 2.05) is 13.0 Å². The van der Waals surface area contributed by atoms with E-state index >= 15 is 0 Å². The van der Waals surface area contributed by atoms with Crippen LogP contribution < -0.4 is 0 Å². The van der Waals surface area contributed by atoms with Gasteiger partial charge in [0, 0.05) is 17.9 Å². The van der Waals surface area contributed by atoms with Gasteiger partial charge in [-0.25, -0.2) is 0 Å². The molecule has 0 heterocycles. The minimum Gasteiger partial charge on any atom is -0.300 e. The summed E-state index contributed by atoms with van der Waals surface area (Å²) in [5, 5.41) is 0. The van der Waals surface area contributed by atoms with E-state index in [-0.39, 0.29) is 41.5 Å². The third-order valence-electron chi connectivity index (χ3n) is 7.53. The molecule has 1 aliphatic carbocycles. The molecule has 0 amide bonds. The maximum atomic E-state index is 13.3. The van der Waals surface area contributed by atoms with Gasteiger partial charge < -0.3 is 0 Å². The van der Waals surface area contributed by atoms with E-state index in [1.54, 1.807) is 0 Å². The quantitative estimate of drug-likeness (QED) is 0.324. The molecule has 2 aromatic rings. The summed E-state index contributed by atoms with van der Waals surface area (Å²) < 4.78 is 0. The highest BCUT2D eigenvalue weighted by Crippen LogP contribution is 2.37. The first kappa shape index (κ1) is 26.1. The predicted molar refractivity (Wildman–Crippen MR) is 138 cm³/mol. The van der Waals surface area contributed by atoms with E-state index in [0.29, 0.717) is 6.42 Å². The molecule has 0 fully saturated rings. The van der Waals surface area contributed by atoms with E-state index in [0.717, 1.165) is 56.1 Å². The Hall–Kier alpha value is -2.55. The first-order chi connectivity index (χ1) is 16.3. The average Bonchev–Trinajstić information content (AvgIpc) is 2.79. The van der Waals surface area contributed by atoms with Gasteiger partial charge in [-0.15, -0.1) is 0 Å². The molecule has 3 heteroatoms. The topological polar surface area (TPSA) is 51.2 Å². The SMILES string of the molecule is CCCC(CC1CC(=O)c2c(C)ccc(CCc3ccccc3)c2C1)C(CC)C(=O)CC(C)=O. The number of Topliss-reactive ketones (excluding diaryl/α,β-unsaturated/α-hetero) is 3. The Balaban J connectivity index is 1.81. The number of aryl methyl sites for hydroxylation is 3. The highest BCUT2D eigenvalue weighted by atomic mass is 16.1. The fourth-order valence-electron chi connectivity index (χ4n) is 5.96. The monoisotopic (exact) mass is 460 g/mol. The van der Waals surface area contributed by atoms with Crippen LogP contribution in [0.2, 0.25) is 0 Å². The first-order valence-electron chi connectivity index (χ1n) is 13.0. The lowest BCUT2D eigenvalue weighted by molar-refractivity contribution is -0.129. The van der Waals surface area contributed by atoms with Gasteiger partial charge in [-0.1, -0.05) is 69.2 Å². The fraction of sp³-hybridized carbons (Fsp3) is 0.516. The third-order valence-corrected chi connectivity index (χ3v) is 7.53. The van der Waals surface area contributed by atoms with Gasteiger partial charge in [0.15, 0.2) is 5.78 Å². The average molecular weight is 461 g/mol. The van der Waals surface area contributed by atoms with E-state index in [1.165, 1.54) is 23.6 Å². The summed E-state index contributed by atoms with van der Waals surface area (Å²) in [5.41, 5.74) is 5.85. The molecule has 3 unspecified atom stereocenters. The maximum absolute atomic E-state index is 13.3. The molecule has 3 rings (SSSR count). The zero-order chi connectivity index (χ0) is 24.7. The van der Waals surface area contributed by atoms with E-state index < -0.39 is 0 Å². The van der Waals surface area contributed by atoms with Crippen molar-refractivity contribution in [1.82, 2.24) is 0 Å². The van der Waals surface area contributed by atoms with Gasteiger partial charge in [-0.3, -0.25) is 14.4 Å². The predicted octanol–water partition coefficient (Wildman–Crippen LogP) is 6.91. The van der Waals surface area contributed by atoms with Crippen molar-refractivity contribution in [2.24, 2.45) is 17.8 Å². The molecule has 0 bridgehead atoms. The van der Waals surface area contributed by atoms with Crippen molar-refractivity contribution < 1.29 is 14.4 Å². The van der Waals surface area contributed by atoms with Crippen molar-refractivity contribution in [3.05, 3.63) is 70.3 Å².